The Kier molecular flexibility index (Phi) is 6.01. The monoisotopic (exact) mass is 301 g/mol. The van der Waals surface area contributed by atoms with Gasteiger partial charge in [-0.2, -0.15) is 0 Å². The maximum absolute atomic E-state index is 12.3. The fourth-order valence-electron chi connectivity index (χ4n) is 2.70. The van der Waals surface area contributed by atoms with Crippen LogP contribution in [0.25, 0.3) is 0 Å². The van der Waals surface area contributed by atoms with Crippen LogP contribution >= 0.6 is 0 Å². The molecule has 122 valence electrons. The Bertz CT molecular complexity index is 377. The van der Waals surface area contributed by atoms with Crippen LogP contribution in [0.4, 0.5) is 4.79 Å². The molecule has 3 atom stereocenters. The Labute approximate surface area is 126 Å². The lowest BCUT2D eigenvalue weighted by molar-refractivity contribution is -0.151. The summed E-state index contributed by atoms with van der Waals surface area (Å²) in [4.78, 5) is 25.7. The molecule has 1 amide bonds. The molecule has 1 aliphatic rings. The first kappa shape index (κ1) is 17.8. The third-order valence-electron chi connectivity index (χ3n) is 3.64. The summed E-state index contributed by atoms with van der Waals surface area (Å²) in [7, 11) is 2.90. The zero-order chi connectivity index (χ0) is 16.2. The zero-order valence-corrected chi connectivity index (χ0v) is 13.8. The second kappa shape index (κ2) is 7.11. The zero-order valence-electron chi connectivity index (χ0n) is 13.8. The van der Waals surface area contributed by atoms with Crippen LogP contribution in [0.15, 0.2) is 0 Å². The molecule has 1 heterocycles. The fourth-order valence-corrected chi connectivity index (χ4v) is 2.70. The van der Waals surface area contributed by atoms with Gasteiger partial charge in [0.15, 0.2) is 0 Å². The van der Waals surface area contributed by atoms with Gasteiger partial charge in [0.2, 0.25) is 0 Å². The Morgan fingerprint density at radius 1 is 1.24 bits per heavy atom. The summed E-state index contributed by atoms with van der Waals surface area (Å²) in [5.74, 6) is -0.772. The molecule has 0 aromatic rings. The van der Waals surface area contributed by atoms with Gasteiger partial charge in [-0.3, -0.25) is 4.79 Å². The van der Waals surface area contributed by atoms with Crippen molar-refractivity contribution in [3.63, 3.8) is 0 Å². The van der Waals surface area contributed by atoms with Crippen LogP contribution in [0.2, 0.25) is 0 Å². The number of methoxy groups -OCH3 is 2. The average Bonchev–Trinajstić information content (AvgIpc) is 2.85. The van der Waals surface area contributed by atoms with Gasteiger partial charge >= 0.3 is 12.1 Å². The van der Waals surface area contributed by atoms with Crippen LogP contribution < -0.4 is 0 Å². The Balaban J connectivity index is 2.83. The van der Waals surface area contributed by atoms with E-state index in [1.54, 1.807) is 18.9 Å². The van der Waals surface area contributed by atoms with Crippen molar-refractivity contribution in [2.75, 3.05) is 20.8 Å². The molecule has 0 aliphatic carbocycles. The molecule has 1 aliphatic heterocycles. The van der Waals surface area contributed by atoms with Crippen LogP contribution in [0.1, 0.15) is 40.5 Å². The van der Waals surface area contributed by atoms with Crippen LogP contribution in [0, 0.1) is 5.92 Å². The molecule has 6 nitrogen and oxygen atoms in total. The Morgan fingerprint density at radius 2 is 1.86 bits per heavy atom. The number of amides is 1. The van der Waals surface area contributed by atoms with Crippen molar-refractivity contribution in [3.8, 4) is 0 Å². The summed E-state index contributed by atoms with van der Waals surface area (Å²) in [6, 6.07) is -0.168. The molecule has 1 fully saturated rings. The summed E-state index contributed by atoms with van der Waals surface area (Å²) in [5.41, 5.74) is -0.541. The molecule has 0 radical (unpaired) electrons. The maximum atomic E-state index is 12.3. The minimum Gasteiger partial charge on any atom is -0.469 e. The number of ether oxygens (including phenoxy) is 3. The third kappa shape index (κ3) is 4.59. The highest BCUT2D eigenvalue weighted by Crippen LogP contribution is 2.28. The number of nitrogens with zero attached hydrogens (tertiary/aromatic N) is 1. The summed E-state index contributed by atoms with van der Waals surface area (Å²) in [5, 5.41) is 0. The van der Waals surface area contributed by atoms with E-state index in [0.717, 1.165) is 12.8 Å². The maximum Gasteiger partial charge on any atom is 0.410 e. The second-order valence-electron chi connectivity index (χ2n) is 6.40. The fraction of sp³-hybridized carbons (Fsp3) is 0.867. The van der Waals surface area contributed by atoms with Gasteiger partial charge in [-0.15, -0.1) is 0 Å². The summed E-state index contributed by atoms with van der Waals surface area (Å²) in [6.07, 6.45) is 0.910. The van der Waals surface area contributed by atoms with Gasteiger partial charge in [0.05, 0.1) is 25.2 Å². The molecular formula is C15H27NO5. The van der Waals surface area contributed by atoms with E-state index in [1.807, 2.05) is 20.8 Å². The van der Waals surface area contributed by atoms with E-state index in [2.05, 4.69) is 0 Å². The van der Waals surface area contributed by atoms with Gasteiger partial charge in [-0.05, 0) is 40.5 Å². The molecule has 0 N–H and O–H groups in total. The van der Waals surface area contributed by atoms with Crippen molar-refractivity contribution >= 4 is 12.1 Å². The van der Waals surface area contributed by atoms with Gasteiger partial charge < -0.3 is 19.1 Å². The quantitative estimate of drug-likeness (QED) is 0.745. The molecule has 0 spiro atoms. The van der Waals surface area contributed by atoms with E-state index in [9.17, 15) is 9.59 Å². The summed E-state index contributed by atoms with van der Waals surface area (Å²) < 4.78 is 15.7. The molecule has 1 saturated heterocycles. The lowest BCUT2D eigenvalue weighted by atomic mass is 9.96. The SMILES string of the molecule is COC(=O)[C@H](C)[C@@H](OC)C1CCCN1C(=O)OC(C)(C)C. The van der Waals surface area contributed by atoms with Gasteiger partial charge in [0.1, 0.15) is 5.60 Å². The highest BCUT2D eigenvalue weighted by Gasteiger charge is 2.41. The van der Waals surface area contributed by atoms with E-state index in [-0.39, 0.29) is 18.1 Å². The molecule has 1 unspecified atom stereocenters. The predicted octanol–water partition coefficient (Wildman–Crippen LogP) is 2.21. The molecule has 6 heteroatoms. The first-order valence-electron chi connectivity index (χ1n) is 7.31. The minimum atomic E-state index is -0.541. The highest BCUT2D eigenvalue weighted by molar-refractivity contribution is 5.73. The smallest absolute Gasteiger partial charge is 0.410 e. The minimum absolute atomic E-state index is 0.168. The second-order valence-corrected chi connectivity index (χ2v) is 6.40. The lowest BCUT2D eigenvalue weighted by Crippen LogP contribution is -2.49. The van der Waals surface area contributed by atoms with Crippen LogP contribution in [-0.2, 0) is 19.0 Å². The van der Waals surface area contributed by atoms with Gasteiger partial charge in [0, 0.05) is 13.7 Å². The number of esters is 1. The van der Waals surface area contributed by atoms with Crippen LogP contribution in [0.5, 0.6) is 0 Å². The largest absolute Gasteiger partial charge is 0.469 e. The number of likely N-dealkylation sites (tertiary alicyclic amines) is 1. The van der Waals surface area contributed by atoms with Crippen molar-refractivity contribution < 1.29 is 23.8 Å². The highest BCUT2D eigenvalue weighted by atomic mass is 16.6. The third-order valence-corrected chi connectivity index (χ3v) is 3.64. The number of carbonyl (C=O) groups is 2. The molecule has 0 aromatic heterocycles. The molecular weight excluding hydrogens is 274 g/mol. The molecule has 0 aromatic carbocycles. The van der Waals surface area contributed by atoms with Crippen molar-refractivity contribution in [2.45, 2.75) is 58.3 Å². The van der Waals surface area contributed by atoms with E-state index < -0.39 is 17.6 Å². The number of hydrogen-bond acceptors (Lipinski definition) is 5. The Hall–Kier alpha value is -1.30. The Morgan fingerprint density at radius 3 is 2.33 bits per heavy atom. The summed E-state index contributed by atoms with van der Waals surface area (Å²) in [6.45, 7) is 7.88. The van der Waals surface area contributed by atoms with Crippen LogP contribution in [-0.4, -0.2) is 55.5 Å². The number of carbonyl (C=O) groups excluding carboxylic acids is 2. The predicted molar refractivity (Wildman–Crippen MR) is 77.9 cm³/mol. The van der Waals surface area contributed by atoms with Gasteiger partial charge in [0.25, 0.3) is 0 Å². The van der Waals surface area contributed by atoms with Crippen molar-refractivity contribution in [2.24, 2.45) is 5.92 Å². The number of rotatable bonds is 4. The lowest BCUT2D eigenvalue weighted by Gasteiger charge is -2.34. The van der Waals surface area contributed by atoms with Crippen molar-refractivity contribution in [3.05, 3.63) is 0 Å². The number of hydrogen-bond donors (Lipinski definition) is 0. The standard InChI is InChI=1S/C15H27NO5/c1-10(13(17)20-6)12(19-5)11-8-7-9-16(11)14(18)21-15(2,3)4/h10-12H,7-9H2,1-6H3/t10-,11?,12-/m1/s1. The average molecular weight is 301 g/mol. The van der Waals surface area contributed by atoms with E-state index >= 15 is 0 Å². The van der Waals surface area contributed by atoms with E-state index in [4.69, 9.17) is 14.2 Å². The van der Waals surface area contributed by atoms with E-state index in [0.29, 0.717) is 6.54 Å². The van der Waals surface area contributed by atoms with Gasteiger partial charge in [-0.1, -0.05) is 0 Å². The first-order valence-corrected chi connectivity index (χ1v) is 7.31. The molecule has 21 heavy (non-hydrogen) atoms. The van der Waals surface area contributed by atoms with Crippen molar-refractivity contribution in [1.29, 1.82) is 0 Å². The normalized spacial score (nSPS) is 21.8. The molecule has 1 rings (SSSR count). The first-order chi connectivity index (χ1) is 9.71. The topological polar surface area (TPSA) is 65.1 Å². The van der Waals surface area contributed by atoms with Crippen molar-refractivity contribution in [1.82, 2.24) is 4.90 Å². The van der Waals surface area contributed by atoms with E-state index in [1.165, 1.54) is 7.11 Å². The molecule has 0 bridgehead atoms. The van der Waals surface area contributed by atoms with Gasteiger partial charge in [-0.25, -0.2) is 4.79 Å². The van der Waals surface area contributed by atoms with Crippen LogP contribution in [0.3, 0.4) is 0 Å². The molecule has 0 saturated carbocycles. The summed E-state index contributed by atoms with van der Waals surface area (Å²) >= 11 is 0.